The summed E-state index contributed by atoms with van der Waals surface area (Å²) < 4.78 is 0. The van der Waals surface area contributed by atoms with Gasteiger partial charge in [-0.1, -0.05) is 24.6 Å². The predicted octanol–water partition coefficient (Wildman–Crippen LogP) is 2.56. The van der Waals surface area contributed by atoms with Crippen LogP contribution in [0.2, 0.25) is 0 Å². The van der Waals surface area contributed by atoms with Gasteiger partial charge in [-0.2, -0.15) is 0 Å². The zero-order chi connectivity index (χ0) is 10.3. The molecule has 80 valence electrons. The molecular formula is C14H19N. The van der Waals surface area contributed by atoms with Crippen molar-refractivity contribution in [2.24, 2.45) is 5.73 Å². The van der Waals surface area contributed by atoms with E-state index in [4.69, 9.17) is 5.73 Å². The Morgan fingerprint density at radius 2 is 2.00 bits per heavy atom. The molecule has 2 aliphatic carbocycles. The molecule has 0 radical (unpaired) electrons. The Kier molecular flexibility index (Phi) is 2.10. The molecule has 0 aliphatic heterocycles. The summed E-state index contributed by atoms with van der Waals surface area (Å²) >= 11 is 0. The van der Waals surface area contributed by atoms with Crippen LogP contribution in [0.3, 0.4) is 0 Å². The summed E-state index contributed by atoms with van der Waals surface area (Å²) in [6.45, 7) is 0.837. The van der Waals surface area contributed by atoms with Gasteiger partial charge in [-0.15, -0.1) is 0 Å². The number of fused-ring (bicyclic) bond motifs is 1. The quantitative estimate of drug-likeness (QED) is 0.782. The van der Waals surface area contributed by atoms with Crippen LogP contribution in [0.4, 0.5) is 0 Å². The lowest BCUT2D eigenvalue weighted by molar-refractivity contribution is 0.251. The topological polar surface area (TPSA) is 26.0 Å². The molecule has 0 spiro atoms. The molecule has 0 amide bonds. The van der Waals surface area contributed by atoms with E-state index >= 15 is 0 Å². The molecule has 15 heavy (non-hydrogen) atoms. The van der Waals surface area contributed by atoms with Gasteiger partial charge in [-0.25, -0.2) is 0 Å². The second-order valence-electron chi connectivity index (χ2n) is 5.13. The van der Waals surface area contributed by atoms with Crippen molar-refractivity contribution in [1.29, 1.82) is 0 Å². The molecule has 0 atom stereocenters. The molecule has 2 N–H and O–H groups in total. The molecule has 2 aliphatic rings. The number of nitrogens with two attached hydrogens (primary N) is 1. The predicted molar refractivity (Wildman–Crippen MR) is 63.1 cm³/mol. The van der Waals surface area contributed by atoms with E-state index in [9.17, 15) is 0 Å². The Morgan fingerprint density at radius 3 is 2.67 bits per heavy atom. The van der Waals surface area contributed by atoms with Gasteiger partial charge in [0.1, 0.15) is 0 Å². The SMILES string of the molecule is NCC1(c2cccc3c2CCC3)CCC1. The Morgan fingerprint density at radius 1 is 1.13 bits per heavy atom. The Balaban J connectivity index is 2.08. The minimum atomic E-state index is 0.357. The number of rotatable bonds is 2. The van der Waals surface area contributed by atoms with Crippen LogP contribution in [-0.4, -0.2) is 6.54 Å². The summed E-state index contributed by atoms with van der Waals surface area (Å²) in [6.07, 6.45) is 7.88. The minimum Gasteiger partial charge on any atom is -0.330 e. The molecule has 0 heterocycles. The third-order valence-corrected chi connectivity index (χ3v) is 4.42. The highest BCUT2D eigenvalue weighted by atomic mass is 14.6. The molecule has 0 saturated heterocycles. The van der Waals surface area contributed by atoms with Crippen LogP contribution < -0.4 is 5.73 Å². The van der Waals surface area contributed by atoms with E-state index in [-0.39, 0.29) is 0 Å². The standard InChI is InChI=1S/C14H19N/c15-10-14(8-3-9-14)13-7-2-5-11-4-1-6-12(11)13/h2,5,7H,1,3-4,6,8-10,15H2. The molecule has 1 nitrogen and oxygen atoms in total. The van der Waals surface area contributed by atoms with E-state index in [1.54, 1.807) is 16.7 Å². The number of benzene rings is 1. The lowest BCUT2D eigenvalue weighted by Gasteiger charge is -2.42. The Labute approximate surface area is 91.7 Å². The van der Waals surface area contributed by atoms with Crippen LogP contribution in [0.5, 0.6) is 0 Å². The molecule has 1 fully saturated rings. The van der Waals surface area contributed by atoms with Gasteiger partial charge < -0.3 is 5.73 Å². The Bertz CT molecular complexity index is 371. The molecular weight excluding hydrogens is 182 g/mol. The lowest BCUT2D eigenvalue weighted by Crippen LogP contribution is -2.42. The molecule has 0 aromatic heterocycles. The number of aryl methyl sites for hydroxylation is 1. The van der Waals surface area contributed by atoms with Crippen LogP contribution >= 0.6 is 0 Å². The van der Waals surface area contributed by atoms with Crippen LogP contribution in [0.1, 0.15) is 42.4 Å². The van der Waals surface area contributed by atoms with Crippen molar-refractivity contribution >= 4 is 0 Å². The molecule has 1 aromatic carbocycles. The number of hydrogen-bond acceptors (Lipinski definition) is 1. The third kappa shape index (κ3) is 1.26. The molecule has 1 heteroatoms. The third-order valence-electron chi connectivity index (χ3n) is 4.42. The van der Waals surface area contributed by atoms with Crippen molar-refractivity contribution in [3.63, 3.8) is 0 Å². The van der Waals surface area contributed by atoms with Crippen molar-refractivity contribution in [2.75, 3.05) is 6.54 Å². The average molecular weight is 201 g/mol. The molecule has 0 bridgehead atoms. The number of hydrogen-bond donors (Lipinski definition) is 1. The highest BCUT2D eigenvalue weighted by Gasteiger charge is 2.39. The highest BCUT2D eigenvalue weighted by molar-refractivity contribution is 5.44. The fourth-order valence-corrected chi connectivity index (χ4v) is 3.30. The normalized spacial score (nSPS) is 22.2. The van der Waals surface area contributed by atoms with Crippen LogP contribution in [0.25, 0.3) is 0 Å². The van der Waals surface area contributed by atoms with Gasteiger partial charge in [0.05, 0.1) is 0 Å². The van der Waals surface area contributed by atoms with Crippen LogP contribution in [0, 0.1) is 0 Å². The van der Waals surface area contributed by atoms with Gasteiger partial charge in [0.25, 0.3) is 0 Å². The minimum absolute atomic E-state index is 0.357. The van der Waals surface area contributed by atoms with Crippen LogP contribution in [0.15, 0.2) is 18.2 Å². The summed E-state index contributed by atoms with van der Waals surface area (Å²) in [5.41, 5.74) is 11.2. The van der Waals surface area contributed by atoms with Crippen molar-refractivity contribution in [2.45, 2.75) is 43.9 Å². The van der Waals surface area contributed by atoms with Gasteiger partial charge in [-0.3, -0.25) is 0 Å². The summed E-state index contributed by atoms with van der Waals surface area (Å²) in [5, 5.41) is 0. The first-order chi connectivity index (χ1) is 7.36. The Hall–Kier alpha value is -0.820. The van der Waals surface area contributed by atoms with E-state index in [0.29, 0.717) is 5.41 Å². The van der Waals surface area contributed by atoms with Crippen LogP contribution in [-0.2, 0) is 18.3 Å². The van der Waals surface area contributed by atoms with Crippen molar-refractivity contribution in [1.82, 2.24) is 0 Å². The highest BCUT2D eigenvalue weighted by Crippen LogP contribution is 2.45. The molecule has 3 rings (SSSR count). The fourth-order valence-electron chi connectivity index (χ4n) is 3.30. The molecule has 1 saturated carbocycles. The average Bonchev–Trinajstić information content (AvgIpc) is 2.65. The lowest BCUT2D eigenvalue weighted by atomic mass is 9.63. The zero-order valence-electron chi connectivity index (χ0n) is 9.26. The van der Waals surface area contributed by atoms with Gasteiger partial charge in [0.2, 0.25) is 0 Å². The van der Waals surface area contributed by atoms with E-state index in [0.717, 1.165) is 6.54 Å². The van der Waals surface area contributed by atoms with E-state index in [2.05, 4.69) is 18.2 Å². The fraction of sp³-hybridized carbons (Fsp3) is 0.571. The van der Waals surface area contributed by atoms with Gasteiger partial charge in [0, 0.05) is 12.0 Å². The van der Waals surface area contributed by atoms with E-state index < -0.39 is 0 Å². The smallest absolute Gasteiger partial charge is 0.00784 e. The summed E-state index contributed by atoms with van der Waals surface area (Å²) in [7, 11) is 0. The first-order valence-electron chi connectivity index (χ1n) is 6.17. The molecule has 1 aromatic rings. The van der Waals surface area contributed by atoms with Gasteiger partial charge in [0.15, 0.2) is 0 Å². The maximum atomic E-state index is 5.99. The summed E-state index contributed by atoms with van der Waals surface area (Å²) in [5.74, 6) is 0. The summed E-state index contributed by atoms with van der Waals surface area (Å²) in [6, 6.07) is 6.86. The first kappa shape index (κ1) is 9.41. The van der Waals surface area contributed by atoms with Crippen molar-refractivity contribution in [3.05, 3.63) is 34.9 Å². The van der Waals surface area contributed by atoms with E-state index in [1.807, 2.05) is 0 Å². The van der Waals surface area contributed by atoms with Crippen molar-refractivity contribution < 1.29 is 0 Å². The van der Waals surface area contributed by atoms with E-state index in [1.165, 1.54) is 38.5 Å². The monoisotopic (exact) mass is 201 g/mol. The zero-order valence-corrected chi connectivity index (χ0v) is 9.26. The largest absolute Gasteiger partial charge is 0.330 e. The van der Waals surface area contributed by atoms with Gasteiger partial charge in [-0.05, 0) is 48.8 Å². The summed E-state index contributed by atoms with van der Waals surface area (Å²) in [4.78, 5) is 0. The maximum absolute atomic E-state index is 5.99. The second kappa shape index (κ2) is 3.34. The maximum Gasteiger partial charge on any atom is 0.00784 e. The second-order valence-corrected chi connectivity index (χ2v) is 5.13. The van der Waals surface area contributed by atoms with Crippen molar-refractivity contribution in [3.8, 4) is 0 Å². The molecule has 0 unspecified atom stereocenters. The first-order valence-corrected chi connectivity index (χ1v) is 6.17. The van der Waals surface area contributed by atoms with Gasteiger partial charge >= 0.3 is 0 Å².